The van der Waals surface area contributed by atoms with Gasteiger partial charge in [0, 0.05) is 49.1 Å². The first-order chi connectivity index (χ1) is 24.8. The molecule has 50 heavy (non-hydrogen) atoms. The van der Waals surface area contributed by atoms with E-state index >= 15 is 0 Å². The van der Waals surface area contributed by atoms with Crippen LogP contribution in [0.5, 0.6) is 0 Å². The van der Waals surface area contributed by atoms with E-state index in [1.807, 2.05) is 0 Å². The molecule has 0 amide bonds. The van der Waals surface area contributed by atoms with Crippen LogP contribution in [0.2, 0.25) is 0 Å². The van der Waals surface area contributed by atoms with Crippen molar-refractivity contribution in [2.75, 3.05) is 0 Å². The number of hydrogen-bond acceptors (Lipinski definition) is 1. The second-order valence-electron chi connectivity index (χ2n) is 13.2. The second-order valence-corrected chi connectivity index (χ2v) is 13.2. The topological polar surface area (TPSA) is 22.2 Å². The highest BCUT2D eigenvalue weighted by Crippen LogP contribution is 2.40. The van der Waals surface area contributed by atoms with Crippen LogP contribution in [-0.4, -0.2) is 14.0 Å². The van der Waals surface area contributed by atoms with Gasteiger partial charge in [-0.15, -0.1) is 0 Å². The Balaban J connectivity index is 1.03. The lowest BCUT2D eigenvalue weighted by molar-refractivity contribution is 1.18. The second kappa shape index (κ2) is 10.4. The molecule has 232 valence electrons. The van der Waals surface area contributed by atoms with E-state index in [4.69, 9.17) is 4.98 Å². The summed E-state index contributed by atoms with van der Waals surface area (Å²) in [5.74, 6) is 0. The third kappa shape index (κ3) is 3.89. The predicted octanol–water partition coefficient (Wildman–Crippen LogP) is 12.3. The zero-order chi connectivity index (χ0) is 32.8. The minimum Gasteiger partial charge on any atom is -0.309 e. The largest absolute Gasteiger partial charge is 0.309 e. The van der Waals surface area contributed by atoms with Gasteiger partial charge in [-0.2, -0.15) is 0 Å². The quantitative estimate of drug-likeness (QED) is 0.189. The van der Waals surface area contributed by atoms with E-state index in [0.717, 1.165) is 28.2 Å². The average Bonchev–Trinajstić information content (AvgIpc) is 3.83. The fourth-order valence-electron chi connectivity index (χ4n) is 8.19. The maximum atomic E-state index is 5.26. The van der Waals surface area contributed by atoms with Crippen LogP contribution >= 0.6 is 0 Å². The van der Waals surface area contributed by atoms with Crippen molar-refractivity contribution in [3.8, 4) is 39.3 Å². The molecule has 0 N–H and O–H groups in total. The summed E-state index contributed by atoms with van der Waals surface area (Å²) in [6.07, 6.45) is 0. The highest BCUT2D eigenvalue weighted by Gasteiger charge is 2.18. The number of rotatable bonds is 4. The number of pyridine rings is 1. The molecule has 0 saturated carbocycles. The minimum absolute atomic E-state index is 0.964. The molecule has 0 aliphatic heterocycles. The number of benzene rings is 7. The summed E-state index contributed by atoms with van der Waals surface area (Å²) >= 11 is 0. The zero-order valence-corrected chi connectivity index (χ0v) is 27.1. The van der Waals surface area contributed by atoms with Crippen LogP contribution in [0.25, 0.3) is 99.2 Å². The van der Waals surface area contributed by atoms with Gasteiger partial charge in [0.05, 0.1) is 39.0 Å². The first kappa shape index (κ1) is 27.3. The molecule has 3 heteroatoms. The molecule has 0 saturated heterocycles. The Hall–Kier alpha value is -6.71. The maximum absolute atomic E-state index is 5.26. The van der Waals surface area contributed by atoms with Crippen LogP contribution < -0.4 is 0 Å². The van der Waals surface area contributed by atoms with Crippen molar-refractivity contribution >= 4 is 59.9 Å². The molecule has 11 rings (SSSR count). The monoisotopic (exact) mass is 635 g/mol. The van der Waals surface area contributed by atoms with Gasteiger partial charge in [0.1, 0.15) is 0 Å². The van der Waals surface area contributed by atoms with E-state index in [0.29, 0.717) is 0 Å². The van der Waals surface area contributed by atoms with Crippen LogP contribution in [-0.2, 0) is 0 Å². The SMILES string of the molecule is c1ccc(-c2ccc(-n3c4ccccc4c4cc(-c5cccc(-c6ccc7c8cccc9c%10ccccc%10n(c7c6)c98)n5)ccc43)cc2)cc1. The van der Waals surface area contributed by atoms with Crippen molar-refractivity contribution in [3.63, 3.8) is 0 Å². The van der Waals surface area contributed by atoms with Crippen molar-refractivity contribution in [3.05, 3.63) is 176 Å². The summed E-state index contributed by atoms with van der Waals surface area (Å²) in [6, 6.07) is 63.5. The average molecular weight is 636 g/mol. The number of nitrogens with zero attached hydrogens (tertiary/aromatic N) is 3. The summed E-state index contributed by atoms with van der Waals surface area (Å²) in [6.45, 7) is 0. The Labute approximate surface area is 288 Å². The van der Waals surface area contributed by atoms with Crippen LogP contribution in [0.1, 0.15) is 0 Å². The molecule has 0 unspecified atom stereocenters. The van der Waals surface area contributed by atoms with E-state index in [1.165, 1.54) is 71.0 Å². The summed E-state index contributed by atoms with van der Waals surface area (Å²) in [5, 5.41) is 7.61. The van der Waals surface area contributed by atoms with Crippen molar-refractivity contribution in [1.29, 1.82) is 0 Å². The molecule has 0 aliphatic rings. The Morgan fingerprint density at radius 2 is 0.860 bits per heavy atom. The zero-order valence-electron chi connectivity index (χ0n) is 27.1. The Bertz CT molecular complexity index is 3070. The van der Waals surface area contributed by atoms with Gasteiger partial charge in [-0.3, -0.25) is 0 Å². The third-order valence-electron chi connectivity index (χ3n) is 10.5. The Morgan fingerprint density at radius 3 is 1.64 bits per heavy atom. The molecule has 0 atom stereocenters. The maximum Gasteiger partial charge on any atom is 0.0710 e. The Kier molecular flexibility index (Phi) is 5.67. The van der Waals surface area contributed by atoms with Gasteiger partial charge in [-0.05, 0) is 65.7 Å². The fourth-order valence-corrected chi connectivity index (χ4v) is 8.19. The highest BCUT2D eigenvalue weighted by atomic mass is 15.0. The van der Waals surface area contributed by atoms with Crippen LogP contribution in [0.3, 0.4) is 0 Å². The molecule has 4 aromatic heterocycles. The van der Waals surface area contributed by atoms with Crippen molar-refractivity contribution in [2.45, 2.75) is 0 Å². The normalized spacial score (nSPS) is 12.0. The van der Waals surface area contributed by atoms with E-state index < -0.39 is 0 Å². The summed E-state index contributed by atoms with van der Waals surface area (Å²) < 4.78 is 4.80. The van der Waals surface area contributed by atoms with Crippen molar-refractivity contribution in [1.82, 2.24) is 14.0 Å². The standard InChI is InChI=1S/C47H29N3/c1-2-10-30(11-3-1)31-20-24-34(25-21-31)49-43-18-6-5-13-36(43)40-28-32(23-27-45(40)49)41-16-9-17-42(48-41)33-22-26-37-39-15-8-14-38-35-12-4-7-19-44(35)50(47(38)39)46(37)29-33/h1-29H. The lowest BCUT2D eigenvalue weighted by Crippen LogP contribution is -1.94. The molecule has 11 aromatic rings. The van der Waals surface area contributed by atoms with Crippen LogP contribution in [0.4, 0.5) is 0 Å². The van der Waals surface area contributed by atoms with Crippen LogP contribution in [0, 0.1) is 0 Å². The molecule has 0 aliphatic carbocycles. The lowest BCUT2D eigenvalue weighted by atomic mass is 10.0. The van der Waals surface area contributed by atoms with E-state index in [-0.39, 0.29) is 0 Å². The van der Waals surface area contributed by atoms with E-state index in [1.54, 1.807) is 0 Å². The van der Waals surface area contributed by atoms with Crippen LogP contribution in [0.15, 0.2) is 176 Å². The number of aromatic nitrogens is 3. The molecule has 0 radical (unpaired) electrons. The molecule has 0 spiro atoms. The summed E-state index contributed by atoms with van der Waals surface area (Å²) in [5.41, 5.74) is 13.9. The molecule has 7 aromatic carbocycles. The number of hydrogen-bond donors (Lipinski definition) is 0. The van der Waals surface area contributed by atoms with E-state index in [2.05, 4.69) is 185 Å². The van der Waals surface area contributed by atoms with Gasteiger partial charge in [0.15, 0.2) is 0 Å². The van der Waals surface area contributed by atoms with Gasteiger partial charge < -0.3 is 8.97 Å². The van der Waals surface area contributed by atoms with Gasteiger partial charge in [-0.1, -0.05) is 121 Å². The van der Waals surface area contributed by atoms with Gasteiger partial charge in [0.25, 0.3) is 0 Å². The molecule has 3 nitrogen and oxygen atoms in total. The van der Waals surface area contributed by atoms with Gasteiger partial charge >= 0.3 is 0 Å². The fraction of sp³-hybridized carbons (Fsp3) is 0. The molecule has 4 heterocycles. The van der Waals surface area contributed by atoms with Gasteiger partial charge in [0.2, 0.25) is 0 Å². The molecular formula is C47H29N3. The summed E-state index contributed by atoms with van der Waals surface area (Å²) in [7, 11) is 0. The predicted molar refractivity (Wildman–Crippen MR) is 210 cm³/mol. The number of fused-ring (bicyclic) bond motifs is 9. The molecular weight excluding hydrogens is 607 g/mol. The lowest BCUT2D eigenvalue weighted by Gasteiger charge is -2.10. The van der Waals surface area contributed by atoms with Crippen molar-refractivity contribution < 1.29 is 0 Å². The molecule has 0 fully saturated rings. The Morgan fingerprint density at radius 1 is 0.320 bits per heavy atom. The van der Waals surface area contributed by atoms with Gasteiger partial charge in [-0.25, -0.2) is 4.98 Å². The number of para-hydroxylation sites is 3. The first-order valence-electron chi connectivity index (χ1n) is 17.1. The van der Waals surface area contributed by atoms with E-state index in [9.17, 15) is 0 Å². The minimum atomic E-state index is 0.964. The first-order valence-corrected chi connectivity index (χ1v) is 17.1. The summed E-state index contributed by atoms with van der Waals surface area (Å²) in [4.78, 5) is 5.26. The third-order valence-corrected chi connectivity index (χ3v) is 10.5. The smallest absolute Gasteiger partial charge is 0.0710 e. The highest BCUT2D eigenvalue weighted by molar-refractivity contribution is 6.23. The van der Waals surface area contributed by atoms with Crippen molar-refractivity contribution in [2.24, 2.45) is 0 Å². The molecule has 0 bridgehead atoms.